The van der Waals surface area contributed by atoms with Crippen molar-refractivity contribution in [3.8, 4) is 0 Å². The van der Waals surface area contributed by atoms with Gasteiger partial charge in [0.2, 0.25) is 5.79 Å². The normalized spacial score (nSPS) is 31.8. The Kier molecular flexibility index (Phi) is 9.22. The van der Waals surface area contributed by atoms with Crippen LogP contribution in [0.3, 0.4) is 0 Å². The Balaban J connectivity index is 2.68. The average Bonchev–Trinajstić information content (AvgIpc) is 2.56. The molecule has 0 aromatic carbocycles. The van der Waals surface area contributed by atoms with E-state index in [2.05, 4.69) is 0 Å². The summed E-state index contributed by atoms with van der Waals surface area (Å²) in [6.45, 7) is 2.57. The second-order valence-corrected chi connectivity index (χ2v) is 7.14. The summed E-state index contributed by atoms with van der Waals surface area (Å²) < 4.78 is 10.4. The highest BCUT2D eigenvalue weighted by Gasteiger charge is 2.50. The highest BCUT2D eigenvalue weighted by atomic mass is 16.6. The highest BCUT2D eigenvalue weighted by molar-refractivity contribution is 5.83. The predicted molar refractivity (Wildman–Crippen MR) is 94.1 cm³/mol. The number of esters is 1. The zero-order chi connectivity index (χ0) is 20.8. The summed E-state index contributed by atoms with van der Waals surface area (Å²) in [6, 6.07) is -0.846. The maximum absolute atomic E-state index is 11.8. The summed E-state index contributed by atoms with van der Waals surface area (Å²) in [5.74, 6) is -4.40. The molecule has 0 bridgehead atoms. The minimum atomic E-state index is -2.20. The van der Waals surface area contributed by atoms with E-state index in [1.54, 1.807) is 0 Å². The summed E-state index contributed by atoms with van der Waals surface area (Å²) in [6.07, 6.45) is -4.09. The van der Waals surface area contributed by atoms with Gasteiger partial charge in [-0.1, -0.05) is 0 Å². The molecule has 1 fully saturated rings. The van der Waals surface area contributed by atoms with Crippen LogP contribution >= 0.6 is 0 Å². The number of aliphatic hydroxyl groups is 4. The van der Waals surface area contributed by atoms with E-state index in [-0.39, 0.29) is 19.4 Å². The van der Waals surface area contributed by atoms with Gasteiger partial charge in [0.15, 0.2) is 5.78 Å². The molecular formula is C17H32N2O8. The molecule has 0 aromatic heterocycles. The van der Waals surface area contributed by atoms with Crippen LogP contribution in [0.25, 0.3) is 0 Å². The van der Waals surface area contributed by atoms with E-state index in [1.165, 1.54) is 6.92 Å². The Morgan fingerprint density at radius 1 is 1.37 bits per heavy atom. The maximum atomic E-state index is 11.8. The fourth-order valence-corrected chi connectivity index (χ4v) is 3.19. The second-order valence-electron chi connectivity index (χ2n) is 7.14. The molecule has 8 N–H and O–H groups in total. The molecule has 0 radical (unpaired) electrons. The Hall–Kier alpha value is -1.14. The lowest BCUT2D eigenvalue weighted by molar-refractivity contribution is -0.285. The van der Waals surface area contributed by atoms with Crippen molar-refractivity contribution in [2.75, 3.05) is 13.2 Å². The number of rotatable bonds is 10. The minimum Gasteiger partial charge on any atom is -0.462 e. The predicted octanol–water partition coefficient (Wildman–Crippen LogP) is -2.23. The minimum absolute atomic E-state index is 0.173. The number of ketones is 1. The zero-order valence-corrected chi connectivity index (χ0v) is 15.8. The van der Waals surface area contributed by atoms with E-state index in [0.717, 1.165) is 6.92 Å². The van der Waals surface area contributed by atoms with E-state index < -0.39 is 53.9 Å². The van der Waals surface area contributed by atoms with E-state index >= 15 is 0 Å². The molecule has 1 rings (SSSR count). The summed E-state index contributed by atoms with van der Waals surface area (Å²) in [5.41, 5.74) is 11.0. The number of ether oxygens (including phenoxy) is 2. The van der Waals surface area contributed by atoms with Gasteiger partial charge in [0.25, 0.3) is 0 Å². The van der Waals surface area contributed by atoms with Gasteiger partial charge in [-0.05, 0) is 26.3 Å². The summed E-state index contributed by atoms with van der Waals surface area (Å²) in [7, 11) is 0. The third-order valence-corrected chi connectivity index (χ3v) is 4.76. The standard InChI is InChI=1S/C17H32N2O8/c1-9(20)15-13(23)7-17(25,10(2)21)27-14(15)6-11(22)8-26-16(24)12(19)4-3-5-18/h9,11-15,20,22-23,25H,3-8,18-19H2,1-2H3/t9-,11+,12-,13?,14?,15?,17?/m1/s1. The molecule has 1 saturated heterocycles. The van der Waals surface area contributed by atoms with Crippen molar-refractivity contribution in [2.24, 2.45) is 17.4 Å². The van der Waals surface area contributed by atoms with Gasteiger partial charge in [0, 0.05) is 25.7 Å². The van der Waals surface area contributed by atoms with Crippen molar-refractivity contribution in [2.45, 2.75) is 75.8 Å². The Bertz CT molecular complexity index is 503. The SMILES string of the molecule is CC(=O)C1(O)CC(O)C([C@@H](C)O)C(C[C@H](O)COC(=O)[C@H](N)CCCN)O1. The number of hydrogen-bond acceptors (Lipinski definition) is 10. The first-order valence-electron chi connectivity index (χ1n) is 9.09. The molecule has 7 atom stereocenters. The van der Waals surface area contributed by atoms with Crippen molar-refractivity contribution in [3.63, 3.8) is 0 Å². The molecule has 0 aliphatic carbocycles. The third-order valence-electron chi connectivity index (χ3n) is 4.76. The first-order chi connectivity index (χ1) is 12.5. The van der Waals surface area contributed by atoms with Crippen LogP contribution in [-0.4, -0.2) is 81.6 Å². The summed E-state index contributed by atoms with van der Waals surface area (Å²) in [5, 5.41) is 40.6. The monoisotopic (exact) mass is 392 g/mol. The van der Waals surface area contributed by atoms with Gasteiger partial charge in [-0.15, -0.1) is 0 Å². The molecule has 1 aliphatic heterocycles. The first kappa shape index (κ1) is 23.9. The maximum Gasteiger partial charge on any atom is 0.322 e. The average molecular weight is 392 g/mol. The third kappa shape index (κ3) is 6.75. The molecule has 10 heteroatoms. The summed E-state index contributed by atoms with van der Waals surface area (Å²) in [4.78, 5) is 23.4. The number of carbonyl (C=O) groups excluding carboxylic acids is 2. The number of hydrogen-bond donors (Lipinski definition) is 6. The molecule has 0 spiro atoms. The van der Waals surface area contributed by atoms with Crippen molar-refractivity contribution >= 4 is 11.8 Å². The van der Waals surface area contributed by atoms with Gasteiger partial charge in [-0.2, -0.15) is 0 Å². The fraction of sp³-hybridized carbons (Fsp3) is 0.882. The van der Waals surface area contributed by atoms with Gasteiger partial charge in [0.1, 0.15) is 12.6 Å². The molecule has 0 aromatic rings. The Labute approximate surface area is 158 Å². The van der Waals surface area contributed by atoms with E-state index in [4.69, 9.17) is 20.9 Å². The van der Waals surface area contributed by atoms with Crippen LogP contribution in [-0.2, 0) is 19.1 Å². The van der Waals surface area contributed by atoms with Crippen molar-refractivity contribution in [3.05, 3.63) is 0 Å². The van der Waals surface area contributed by atoms with Crippen LogP contribution in [0.1, 0.15) is 39.5 Å². The van der Waals surface area contributed by atoms with Gasteiger partial charge in [-0.25, -0.2) is 0 Å². The molecule has 27 heavy (non-hydrogen) atoms. The Morgan fingerprint density at radius 2 is 2.00 bits per heavy atom. The van der Waals surface area contributed by atoms with Gasteiger partial charge in [0.05, 0.1) is 24.4 Å². The van der Waals surface area contributed by atoms with Crippen molar-refractivity contribution in [1.29, 1.82) is 0 Å². The molecular weight excluding hydrogens is 360 g/mol. The van der Waals surface area contributed by atoms with E-state index in [0.29, 0.717) is 19.4 Å². The smallest absolute Gasteiger partial charge is 0.322 e. The molecule has 0 amide bonds. The van der Waals surface area contributed by atoms with Gasteiger partial charge >= 0.3 is 5.97 Å². The largest absolute Gasteiger partial charge is 0.462 e. The molecule has 4 unspecified atom stereocenters. The lowest BCUT2D eigenvalue weighted by Gasteiger charge is -2.44. The Morgan fingerprint density at radius 3 is 2.52 bits per heavy atom. The molecule has 1 aliphatic rings. The molecule has 158 valence electrons. The molecule has 1 heterocycles. The van der Waals surface area contributed by atoms with Crippen LogP contribution in [0.2, 0.25) is 0 Å². The van der Waals surface area contributed by atoms with E-state index in [1.807, 2.05) is 0 Å². The van der Waals surface area contributed by atoms with Crippen LogP contribution in [0.5, 0.6) is 0 Å². The van der Waals surface area contributed by atoms with Crippen LogP contribution in [0.15, 0.2) is 0 Å². The molecule has 0 saturated carbocycles. The quantitative estimate of drug-likeness (QED) is 0.222. The highest BCUT2D eigenvalue weighted by Crippen LogP contribution is 2.36. The number of Topliss-reactive ketones (excluding diaryl/α,β-unsaturated/α-hetero) is 1. The van der Waals surface area contributed by atoms with Crippen LogP contribution in [0, 0.1) is 5.92 Å². The number of carbonyl (C=O) groups is 2. The summed E-state index contributed by atoms with van der Waals surface area (Å²) >= 11 is 0. The second kappa shape index (κ2) is 10.4. The van der Waals surface area contributed by atoms with Crippen molar-refractivity contribution < 1.29 is 39.5 Å². The molecule has 10 nitrogen and oxygen atoms in total. The lowest BCUT2D eigenvalue weighted by atomic mass is 9.81. The van der Waals surface area contributed by atoms with Gasteiger partial charge < -0.3 is 41.4 Å². The lowest BCUT2D eigenvalue weighted by Crippen LogP contribution is -2.58. The fourth-order valence-electron chi connectivity index (χ4n) is 3.19. The zero-order valence-electron chi connectivity index (χ0n) is 15.8. The first-order valence-corrected chi connectivity index (χ1v) is 9.09. The number of nitrogens with two attached hydrogens (primary N) is 2. The van der Waals surface area contributed by atoms with E-state index in [9.17, 15) is 30.0 Å². The topological polar surface area (TPSA) is 186 Å². The number of aliphatic hydroxyl groups excluding tert-OH is 3. The van der Waals surface area contributed by atoms with Crippen molar-refractivity contribution in [1.82, 2.24) is 0 Å². The van der Waals surface area contributed by atoms with Crippen LogP contribution < -0.4 is 11.5 Å². The van der Waals surface area contributed by atoms with Crippen LogP contribution in [0.4, 0.5) is 0 Å². The van der Waals surface area contributed by atoms with Gasteiger partial charge in [-0.3, -0.25) is 9.59 Å².